The monoisotopic (exact) mass is 391 g/mol. The fourth-order valence-electron chi connectivity index (χ4n) is 3.28. The maximum Gasteiger partial charge on any atom is 0.259 e. The Morgan fingerprint density at radius 1 is 1.22 bits per heavy atom. The first kappa shape index (κ1) is 21.5. The van der Waals surface area contributed by atoms with Gasteiger partial charge in [-0.1, -0.05) is 55.3 Å². The lowest BCUT2D eigenvalue weighted by Gasteiger charge is -2.30. The molecule has 2 rings (SSSR count). The van der Waals surface area contributed by atoms with Crippen molar-refractivity contribution < 1.29 is 9.53 Å². The van der Waals surface area contributed by atoms with Gasteiger partial charge in [0.25, 0.3) is 5.91 Å². The number of aromatic nitrogens is 2. The van der Waals surface area contributed by atoms with Crippen LogP contribution in [0.3, 0.4) is 0 Å². The van der Waals surface area contributed by atoms with Crippen molar-refractivity contribution in [2.45, 2.75) is 53.1 Å². The van der Waals surface area contributed by atoms with E-state index < -0.39 is 0 Å². The summed E-state index contributed by atoms with van der Waals surface area (Å²) in [6, 6.07) is 8.39. The lowest BCUT2D eigenvalue weighted by atomic mass is 10.1. The number of nitrogens with zero attached hydrogens (tertiary/aromatic N) is 3. The lowest BCUT2D eigenvalue weighted by Crippen LogP contribution is -2.42. The van der Waals surface area contributed by atoms with Gasteiger partial charge in [0.15, 0.2) is 0 Å². The highest BCUT2D eigenvalue weighted by Crippen LogP contribution is 2.24. The summed E-state index contributed by atoms with van der Waals surface area (Å²) in [5.41, 5.74) is 3.45. The number of methoxy groups -OCH3 is 1. The molecular weight excluding hydrogens is 362 g/mol. The number of ether oxygens (including phenoxy) is 1. The minimum Gasteiger partial charge on any atom is -0.383 e. The largest absolute Gasteiger partial charge is 0.383 e. The number of aryl methyl sites for hydroxylation is 2. The Balaban J connectivity index is 2.31. The average molecular weight is 392 g/mol. The van der Waals surface area contributed by atoms with Crippen LogP contribution in [0, 0.1) is 13.8 Å². The van der Waals surface area contributed by atoms with Crippen molar-refractivity contribution in [3.63, 3.8) is 0 Å². The summed E-state index contributed by atoms with van der Waals surface area (Å²) in [4.78, 5) is 15.2. The van der Waals surface area contributed by atoms with E-state index in [-0.39, 0.29) is 11.9 Å². The molecule has 1 aromatic carbocycles. The molecule has 2 aromatic rings. The fraction of sp³-hybridized carbons (Fsp3) is 0.524. The van der Waals surface area contributed by atoms with E-state index in [4.69, 9.17) is 16.3 Å². The van der Waals surface area contributed by atoms with E-state index >= 15 is 0 Å². The van der Waals surface area contributed by atoms with Crippen LogP contribution < -0.4 is 0 Å². The van der Waals surface area contributed by atoms with Gasteiger partial charge >= 0.3 is 0 Å². The normalized spacial score (nSPS) is 11.2. The Hall–Kier alpha value is -1.85. The molecule has 0 aliphatic carbocycles. The third kappa shape index (κ3) is 5.11. The Bertz CT molecular complexity index is 752. The van der Waals surface area contributed by atoms with Crippen LogP contribution in [-0.2, 0) is 11.3 Å². The van der Waals surface area contributed by atoms with Gasteiger partial charge in [-0.05, 0) is 32.3 Å². The van der Waals surface area contributed by atoms with Gasteiger partial charge in [0.2, 0.25) is 0 Å². The fourth-order valence-corrected chi connectivity index (χ4v) is 3.60. The summed E-state index contributed by atoms with van der Waals surface area (Å²) in [7, 11) is 1.65. The number of benzene rings is 1. The van der Waals surface area contributed by atoms with E-state index in [0.29, 0.717) is 36.1 Å². The Morgan fingerprint density at radius 3 is 2.41 bits per heavy atom. The summed E-state index contributed by atoms with van der Waals surface area (Å²) in [6.07, 6.45) is 1.78. The molecule has 148 valence electrons. The number of carbonyl (C=O) groups is 1. The molecule has 0 fully saturated rings. The Labute approximate surface area is 167 Å². The van der Waals surface area contributed by atoms with Crippen LogP contribution in [0.15, 0.2) is 24.3 Å². The van der Waals surface area contributed by atoms with Gasteiger partial charge in [0.1, 0.15) is 5.15 Å². The van der Waals surface area contributed by atoms with Crippen LogP contribution in [0.4, 0.5) is 0 Å². The molecule has 27 heavy (non-hydrogen) atoms. The number of halogens is 1. The van der Waals surface area contributed by atoms with Gasteiger partial charge in [-0.15, -0.1) is 0 Å². The highest BCUT2D eigenvalue weighted by atomic mass is 35.5. The van der Waals surface area contributed by atoms with Crippen LogP contribution >= 0.6 is 11.6 Å². The number of hydrogen-bond acceptors (Lipinski definition) is 3. The lowest BCUT2D eigenvalue weighted by molar-refractivity contribution is 0.0589. The van der Waals surface area contributed by atoms with Crippen LogP contribution in [0.5, 0.6) is 0 Å². The zero-order valence-corrected chi connectivity index (χ0v) is 17.7. The predicted molar refractivity (Wildman–Crippen MR) is 110 cm³/mol. The van der Waals surface area contributed by atoms with Gasteiger partial charge in [-0.25, -0.2) is 4.68 Å². The van der Waals surface area contributed by atoms with Crippen LogP contribution in [0.25, 0.3) is 0 Å². The van der Waals surface area contributed by atoms with Crippen molar-refractivity contribution in [2.24, 2.45) is 0 Å². The van der Waals surface area contributed by atoms with Crippen molar-refractivity contribution in [1.82, 2.24) is 14.7 Å². The topological polar surface area (TPSA) is 47.4 Å². The molecule has 0 aliphatic heterocycles. The number of hydrogen-bond donors (Lipinski definition) is 0. The molecular formula is C21H30ClN3O2. The van der Waals surface area contributed by atoms with E-state index in [0.717, 1.165) is 18.4 Å². The second-order valence-corrected chi connectivity index (χ2v) is 7.21. The molecule has 1 amide bonds. The van der Waals surface area contributed by atoms with Gasteiger partial charge in [-0.2, -0.15) is 5.10 Å². The second kappa shape index (κ2) is 9.90. The summed E-state index contributed by atoms with van der Waals surface area (Å²) in [6.45, 7) is 9.66. The zero-order valence-electron chi connectivity index (χ0n) is 17.0. The number of amides is 1. The first-order valence-electron chi connectivity index (χ1n) is 9.51. The van der Waals surface area contributed by atoms with Crippen LogP contribution in [0.2, 0.25) is 5.15 Å². The zero-order chi connectivity index (χ0) is 20.0. The molecule has 0 aliphatic rings. The minimum absolute atomic E-state index is 0.0709. The third-order valence-corrected chi connectivity index (χ3v) is 5.30. The Kier molecular flexibility index (Phi) is 7.87. The summed E-state index contributed by atoms with van der Waals surface area (Å²) in [5, 5.41) is 4.92. The maximum absolute atomic E-state index is 13.3. The molecule has 5 nitrogen and oxygen atoms in total. The molecule has 0 spiro atoms. The maximum atomic E-state index is 13.3. The molecule has 0 radical (unpaired) electrons. The number of carbonyl (C=O) groups excluding carboxylic acids is 1. The number of rotatable bonds is 9. The molecule has 0 unspecified atom stereocenters. The SMILES string of the molecule is CCC(CC)N(CCOC)C(=O)c1c(C)nn(Cc2ccc(C)cc2)c1Cl. The molecule has 1 heterocycles. The van der Waals surface area contributed by atoms with Crippen molar-refractivity contribution in [3.8, 4) is 0 Å². The van der Waals surface area contributed by atoms with Gasteiger partial charge in [-0.3, -0.25) is 4.79 Å². The summed E-state index contributed by atoms with van der Waals surface area (Å²) < 4.78 is 6.91. The molecule has 0 N–H and O–H groups in total. The summed E-state index contributed by atoms with van der Waals surface area (Å²) >= 11 is 6.60. The summed E-state index contributed by atoms with van der Waals surface area (Å²) in [5.74, 6) is -0.0709. The first-order chi connectivity index (χ1) is 12.9. The van der Waals surface area contributed by atoms with Crippen molar-refractivity contribution in [1.29, 1.82) is 0 Å². The highest BCUT2D eigenvalue weighted by Gasteiger charge is 2.28. The predicted octanol–water partition coefficient (Wildman–Crippen LogP) is 4.48. The Morgan fingerprint density at radius 2 is 1.85 bits per heavy atom. The van der Waals surface area contributed by atoms with E-state index in [1.54, 1.807) is 11.8 Å². The first-order valence-corrected chi connectivity index (χ1v) is 9.89. The molecule has 0 saturated carbocycles. The van der Waals surface area contributed by atoms with E-state index in [1.165, 1.54) is 5.56 Å². The average Bonchev–Trinajstić information content (AvgIpc) is 2.93. The van der Waals surface area contributed by atoms with Crippen molar-refractivity contribution in [3.05, 3.63) is 51.8 Å². The second-order valence-electron chi connectivity index (χ2n) is 6.86. The standard InChI is InChI=1S/C21H30ClN3O2/c1-6-18(7-2)24(12-13-27-5)21(26)19-16(4)23-25(20(19)22)14-17-10-8-15(3)9-11-17/h8-11,18H,6-7,12-14H2,1-5H3. The van der Waals surface area contributed by atoms with Crippen LogP contribution in [-0.4, -0.2) is 46.9 Å². The van der Waals surface area contributed by atoms with Gasteiger partial charge in [0, 0.05) is 19.7 Å². The highest BCUT2D eigenvalue weighted by molar-refractivity contribution is 6.33. The molecule has 1 aromatic heterocycles. The van der Waals surface area contributed by atoms with Crippen LogP contribution in [0.1, 0.15) is 53.9 Å². The third-order valence-electron chi connectivity index (χ3n) is 4.91. The van der Waals surface area contributed by atoms with Gasteiger partial charge in [0.05, 0.1) is 24.4 Å². The quantitative estimate of drug-likeness (QED) is 0.633. The minimum atomic E-state index is -0.0709. The van der Waals surface area contributed by atoms with Crippen molar-refractivity contribution >= 4 is 17.5 Å². The van der Waals surface area contributed by atoms with E-state index in [2.05, 4.69) is 50.1 Å². The molecule has 0 saturated heterocycles. The molecule has 6 heteroatoms. The smallest absolute Gasteiger partial charge is 0.259 e. The van der Waals surface area contributed by atoms with Crippen molar-refractivity contribution in [2.75, 3.05) is 20.3 Å². The van der Waals surface area contributed by atoms with E-state index in [1.807, 2.05) is 11.8 Å². The molecule has 0 bridgehead atoms. The molecule has 0 atom stereocenters. The van der Waals surface area contributed by atoms with E-state index in [9.17, 15) is 4.79 Å². The van der Waals surface area contributed by atoms with Gasteiger partial charge < -0.3 is 9.64 Å².